The van der Waals surface area contributed by atoms with E-state index in [0.717, 1.165) is 49.2 Å². The number of fused-ring (bicyclic) bond motifs is 1. The van der Waals surface area contributed by atoms with Gasteiger partial charge in [-0.25, -0.2) is 0 Å². The fourth-order valence-electron chi connectivity index (χ4n) is 4.08. The topological polar surface area (TPSA) is 60.9 Å². The highest BCUT2D eigenvalue weighted by Crippen LogP contribution is 2.40. The quantitative estimate of drug-likeness (QED) is 0.345. The van der Waals surface area contributed by atoms with Gasteiger partial charge in [-0.2, -0.15) is 0 Å². The van der Waals surface area contributed by atoms with Gasteiger partial charge in [0.25, 0.3) is 0 Å². The molecule has 1 aliphatic carbocycles. The third kappa shape index (κ3) is 4.24. The van der Waals surface area contributed by atoms with Crippen LogP contribution in [0.2, 0.25) is 0 Å². The highest BCUT2D eigenvalue weighted by Gasteiger charge is 2.31. The summed E-state index contributed by atoms with van der Waals surface area (Å²) in [5.41, 5.74) is 6.73. The zero-order chi connectivity index (χ0) is 20.3. The Bertz CT molecular complexity index is 1130. The van der Waals surface area contributed by atoms with Crippen molar-refractivity contribution in [2.45, 2.75) is 38.2 Å². The summed E-state index contributed by atoms with van der Waals surface area (Å²) in [6.45, 7) is 0. The van der Waals surface area contributed by atoms with Crippen molar-refractivity contribution in [3.63, 3.8) is 0 Å². The Hall–Kier alpha value is -3.11. The predicted molar refractivity (Wildman–Crippen MR) is 122 cm³/mol. The minimum Gasteiger partial charge on any atom is -0.387 e. The van der Waals surface area contributed by atoms with Gasteiger partial charge in [-0.3, -0.25) is 4.98 Å². The maximum Gasteiger partial charge on any atom is 0.0988 e. The molecule has 2 heterocycles. The van der Waals surface area contributed by atoms with Crippen molar-refractivity contribution in [1.29, 1.82) is 0 Å². The summed E-state index contributed by atoms with van der Waals surface area (Å²) in [6.07, 6.45) is 8.93. The van der Waals surface area contributed by atoms with Crippen LogP contribution < -0.4 is 5.32 Å². The molecule has 1 saturated carbocycles. The van der Waals surface area contributed by atoms with Gasteiger partial charge in [-0.1, -0.05) is 30.3 Å². The van der Waals surface area contributed by atoms with E-state index in [1.807, 2.05) is 12.1 Å². The monoisotopic (exact) mass is 397 g/mol. The maximum absolute atomic E-state index is 10.3. The van der Waals surface area contributed by atoms with Gasteiger partial charge in [0, 0.05) is 34.7 Å². The van der Waals surface area contributed by atoms with Crippen LogP contribution >= 0.6 is 0 Å². The minimum atomic E-state index is -0.439. The van der Waals surface area contributed by atoms with Gasteiger partial charge in [-0.15, -0.1) is 0 Å². The van der Waals surface area contributed by atoms with Gasteiger partial charge < -0.3 is 15.4 Å². The molecule has 0 bridgehead atoms. The molecule has 3 N–H and O–H groups in total. The second-order valence-corrected chi connectivity index (χ2v) is 8.29. The molecule has 0 radical (unpaired) electrons. The number of benzene rings is 2. The summed E-state index contributed by atoms with van der Waals surface area (Å²) >= 11 is 0. The summed E-state index contributed by atoms with van der Waals surface area (Å²) in [6, 6.07) is 21.0. The van der Waals surface area contributed by atoms with E-state index in [1.165, 1.54) is 22.0 Å². The molecule has 4 aromatic rings. The third-order valence-electron chi connectivity index (χ3n) is 5.98. The number of aliphatic hydroxyl groups is 1. The molecule has 0 saturated heterocycles. The fraction of sp³-hybridized carbons (Fsp3) is 0.269. The molecule has 1 fully saturated rings. The van der Waals surface area contributed by atoms with Crippen LogP contribution in [0.15, 0.2) is 73.1 Å². The number of anilines is 2. The summed E-state index contributed by atoms with van der Waals surface area (Å²) < 4.78 is 0. The largest absolute Gasteiger partial charge is 0.387 e. The summed E-state index contributed by atoms with van der Waals surface area (Å²) in [4.78, 5) is 7.70. The van der Waals surface area contributed by atoms with E-state index in [1.54, 1.807) is 6.20 Å². The van der Waals surface area contributed by atoms with E-state index in [-0.39, 0.29) is 0 Å². The van der Waals surface area contributed by atoms with Gasteiger partial charge in [-0.05, 0) is 79.5 Å². The second-order valence-electron chi connectivity index (χ2n) is 8.29. The first-order valence-corrected chi connectivity index (χ1v) is 10.8. The van der Waals surface area contributed by atoms with Crippen LogP contribution in [0.3, 0.4) is 0 Å². The van der Waals surface area contributed by atoms with Crippen molar-refractivity contribution in [1.82, 2.24) is 9.97 Å². The molecule has 152 valence electrons. The van der Waals surface area contributed by atoms with Crippen molar-refractivity contribution in [2.75, 3.05) is 5.32 Å². The van der Waals surface area contributed by atoms with E-state index in [9.17, 15) is 5.11 Å². The Labute approximate surface area is 177 Å². The molecule has 1 unspecified atom stereocenters. The van der Waals surface area contributed by atoms with Crippen molar-refractivity contribution in [2.24, 2.45) is 5.92 Å². The Kier molecular flexibility index (Phi) is 5.24. The van der Waals surface area contributed by atoms with E-state index in [0.29, 0.717) is 5.92 Å². The van der Waals surface area contributed by atoms with Gasteiger partial charge in [0.15, 0.2) is 0 Å². The highest BCUT2D eigenvalue weighted by atomic mass is 16.3. The second kappa shape index (κ2) is 8.33. The van der Waals surface area contributed by atoms with Gasteiger partial charge in [0.2, 0.25) is 0 Å². The van der Waals surface area contributed by atoms with Crippen molar-refractivity contribution in [3.8, 4) is 0 Å². The number of nitrogens with one attached hydrogen (secondary N) is 2. The van der Waals surface area contributed by atoms with Gasteiger partial charge in [0.1, 0.15) is 0 Å². The molecular formula is C26H27N3O. The smallest absolute Gasteiger partial charge is 0.0988 e. The summed E-state index contributed by atoms with van der Waals surface area (Å²) in [5.74, 6) is 0.385. The number of aliphatic hydroxyl groups excluding tert-OH is 1. The zero-order valence-electron chi connectivity index (χ0n) is 17.0. The first-order valence-electron chi connectivity index (χ1n) is 10.8. The first-order chi connectivity index (χ1) is 14.8. The Morgan fingerprint density at radius 1 is 1.00 bits per heavy atom. The SMILES string of the molecule is OC(c1cc(Nc2ccc(CCCc3c[nH]c4ccccc34)cc2)ccn1)C1CC1. The molecule has 4 heteroatoms. The number of para-hydroxylation sites is 1. The Morgan fingerprint density at radius 2 is 1.83 bits per heavy atom. The number of aromatic nitrogens is 2. The number of aryl methyl sites for hydroxylation is 2. The number of nitrogens with zero attached hydrogens (tertiary/aromatic N) is 1. The number of H-pyrrole nitrogens is 1. The number of hydrogen-bond donors (Lipinski definition) is 3. The summed E-state index contributed by atoms with van der Waals surface area (Å²) in [7, 11) is 0. The number of hydrogen-bond acceptors (Lipinski definition) is 3. The van der Waals surface area contributed by atoms with Crippen LogP contribution in [0, 0.1) is 5.92 Å². The minimum absolute atomic E-state index is 0.385. The highest BCUT2D eigenvalue weighted by molar-refractivity contribution is 5.83. The van der Waals surface area contributed by atoms with Crippen LogP contribution in [-0.4, -0.2) is 15.1 Å². The molecule has 0 amide bonds. The molecule has 5 rings (SSSR count). The summed E-state index contributed by atoms with van der Waals surface area (Å²) in [5, 5.41) is 15.1. The average Bonchev–Trinajstić information content (AvgIpc) is 3.56. The van der Waals surface area contributed by atoms with Crippen LogP contribution in [-0.2, 0) is 12.8 Å². The standard InChI is InChI=1S/C26H27N3O/c30-26(19-10-11-19)25-16-22(14-15-27-25)29-21-12-8-18(9-13-21)4-3-5-20-17-28-24-7-2-1-6-23(20)24/h1-2,6-9,12-17,19,26,28,30H,3-5,10-11H2,(H,27,29). The lowest BCUT2D eigenvalue weighted by atomic mass is 10.0. The molecule has 0 spiro atoms. The van der Waals surface area contributed by atoms with Crippen molar-refractivity contribution >= 4 is 22.3 Å². The van der Waals surface area contributed by atoms with Gasteiger partial charge >= 0.3 is 0 Å². The fourth-order valence-corrected chi connectivity index (χ4v) is 4.08. The molecule has 1 atom stereocenters. The van der Waals surface area contributed by atoms with E-state index >= 15 is 0 Å². The molecule has 0 aliphatic heterocycles. The molecule has 2 aromatic carbocycles. The predicted octanol–water partition coefficient (Wildman–Crippen LogP) is 5.93. The van der Waals surface area contributed by atoms with Gasteiger partial charge in [0.05, 0.1) is 11.8 Å². The van der Waals surface area contributed by atoms with Crippen LogP contribution in [0.5, 0.6) is 0 Å². The first kappa shape index (κ1) is 18.9. The third-order valence-corrected chi connectivity index (χ3v) is 5.98. The number of rotatable bonds is 8. The molecule has 30 heavy (non-hydrogen) atoms. The molecule has 4 nitrogen and oxygen atoms in total. The normalized spacial score (nSPS) is 14.7. The van der Waals surface area contributed by atoms with Crippen molar-refractivity contribution < 1.29 is 5.11 Å². The average molecular weight is 398 g/mol. The van der Waals surface area contributed by atoms with E-state index in [2.05, 4.69) is 70.0 Å². The lowest BCUT2D eigenvalue weighted by Gasteiger charge is -2.12. The molecule has 1 aliphatic rings. The lowest BCUT2D eigenvalue weighted by Crippen LogP contribution is -2.03. The van der Waals surface area contributed by atoms with Crippen LogP contribution in [0.25, 0.3) is 10.9 Å². The number of pyridine rings is 1. The Balaban J connectivity index is 1.17. The van der Waals surface area contributed by atoms with E-state index in [4.69, 9.17) is 0 Å². The van der Waals surface area contributed by atoms with E-state index < -0.39 is 6.10 Å². The Morgan fingerprint density at radius 3 is 2.67 bits per heavy atom. The van der Waals surface area contributed by atoms with Crippen LogP contribution in [0.4, 0.5) is 11.4 Å². The van der Waals surface area contributed by atoms with Crippen LogP contribution in [0.1, 0.15) is 42.2 Å². The zero-order valence-corrected chi connectivity index (χ0v) is 17.0. The van der Waals surface area contributed by atoms with Crippen molar-refractivity contribution in [3.05, 3.63) is 89.9 Å². The lowest BCUT2D eigenvalue weighted by molar-refractivity contribution is 0.149. The molecule has 2 aromatic heterocycles. The molecular weight excluding hydrogens is 370 g/mol. The maximum atomic E-state index is 10.3. The number of aromatic amines is 1.